The lowest BCUT2D eigenvalue weighted by Crippen LogP contribution is -2.28. The molecule has 0 radical (unpaired) electrons. The quantitative estimate of drug-likeness (QED) is 0.750. The highest BCUT2D eigenvalue weighted by atomic mass is 35.5. The number of nitrogens with one attached hydrogen (secondary N) is 1. The van der Waals surface area contributed by atoms with Crippen LogP contribution >= 0.6 is 11.6 Å². The predicted octanol–water partition coefficient (Wildman–Crippen LogP) is 0.852. The molecule has 0 spiro atoms. The molecule has 0 bridgehead atoms. The Morgan fingerprint density at radius 1 is 1.50 bits per heavy atom. The van der Waals surface area contributed by atoms with E-state index >= 15 is 0 Å². The summed E-state index contributed by atoms with van der Waals surface area (Å²) in [4.78, 5) is 11.9. The third kappa shape index (κ3) is 3.71. The van der Waals surface area contributed by atoms with Crippen LogP contribution in [0.15, 0.2) is 11.0 Å². The number of hydrogen-bond acceptors (Lipinski definition) is 5. The maximum atomic E-state index is 11.9. The van der Waals surface area contributed by atoms with Crippen molar-refractivity contribution in [2.45, 2.75) is 38.3 Å². The van der Waals surface area contributed by atoms with Crippen LogP contribution in [0.2, 0.25) is 5.02 Å². The van der Waals surface area contributed by atoms with Gasteiger partial charge in [-0.05, 0) is 25.2 Å². The van der Waals surface area contributed by atoms with Gasteiger partial charge in [0.25, 0.3) is 5.56 Å². The number of aromatic nitrogens is 2. The van der Waals surface area contributed by atoms with Crippen LogP contribution in [-0.2, 0) is 6.54 Å². The highest BCUT2D eigenvalue weighted by molar-refractivity contribution is 6.32. The van der Waals surface area contributed by atoms with Crippen molar-refractivity contribution >= 4 is 17.3 Å². The summed E-state index contributed by atoms with van der Waals surface area (Å²) >= 11 is 6.01. The lowest BCUT2D eigenvalue weighted by molar-refractivity contribution is 0.105. The first-order valence-electron chi connectivity index (χ1n) is 6.90. The third-order valence-electron chi connectivity index (χ3n) is 3.63. The summed E-state index contributed by atoms with van der Waals surface area (Å²) < 4.78 is 1.14. The van der Waals surface area contributed by atoms with Crippen LogP contribution in [0.4, 0.5) is 5.69 Å². The van der Waals surface area contributed by atoms with Crippen LogP contribution in [0, 0.1) is 5.92 Å². The Hall–Kier alpha value is -1.11. The molecular formula is C13H20ClN3O3. The van der Waals surface area contributed by atoms with E-state index in [0.717, 1.165) is 30.4 Å². The molecule has 20 heavy (non-hydrogen) atoms. The Balaban J connectivity index is 1.99. The largest absolute Gasteiger partial charge is 0.394 e. The zero-order valence-corrected chi connectivity index (χ0v) is 12.0. The van der Waals surface area contributed by atoms with Gasteiger partial charge in [-0.25, -0.2) is 4.68 Å². The minimum absolute atomic E-state index is 0.0878. The second-order valence-corrected chi connectivity index (χ2v) is 5.57. The Morgan fingerprint density at radius 2 is 2.30 bits per heavy atom. The van der Waals surface area contributed by atoms with Gasteiger partial charge < -0.3 is 15.5 Å². The molecule has 7 heteroatoms. The number of hydrogen-bond donors (Lipinski definition) is 3. The van der Waals surface area contributed by atoms with E-state index in [9.17, 15) is 9.90 Å². The number of halogens is 1. The Bertz CT molecular complexity index is 506. The number of aliphatic hydroxyl groups is 2. The molecule has 6 nitrogen and oxygen atoms in total. The van der Waals surface area contributed by atoms with Crippen LogP contribution in [0.1, 0.15) is 25.7 Å². The van der Waals surface area contributed by atoms with Crippen molar-refractivity contribution in [3.8, 4) is 0 Å². The van der Waals surface area contributed by atoms with E-state index in [1.54, 1.807) is 0 Å². The van der Waals surface area contributed by atoms with E-state index in [0.29, 0.717) is 18.2 Å². The van der Waals surface area contributed by atoms with Crippen LogP contribution in [0.3, 0.4) is 0 Å². The SMILES string of the molecule is O=c1c(Cl)c(NCC2CCCC(O)C2)cnn1CCO. The van der Waals surface area contributed by atoms with Gasteiger partial charge in [0, 0.05) is 6.54 Å². The highest BCUT2D eigenvalue weighted by Crippen LogP contribution is 2.25. The molecule has 1 saturated carbocycles. The van der Waals surface area contributed by atoms with Gasteiger partial charge in [-0.1, -0.05) is 18.0 Å². The summed E-state index contributed by atoms with van der Waals surface area (Å²) in [6.45, 7) is 0.644. The average molecular weight is 302 g/mol. The fraction of sp³-hybridized carbons (Fsp3) is 0.692. The molecule has 3 N–H and O–H groups in total. The number of aliphatic hydroxyl groups excluding tert-OH is 2. The average Bonchev–Trinajstić information content (AvgIpc) is 2.43. The van der Waals surface area contributed by atoms with Crippen molar-refractivity contribution in [3.63, 3.8) is 0 Å². The summed E-state index contributed by atoms with van der Waals surface area (Å²) in [6, 6.07) is 0. The van der Waals surface area contributed by atoms with E-state index in [-0.39, 0.29) is 24.3 Å². The smallest absolute Gasteiger partial charge is 0.287 e. The van der Waals surface area contributed by atoms with Crippen molar-refractivity contribution in [2.24, 2.45) is 5.92 Å². The van der Waals surface area contributed by atoms with Gasteiger partial charge in [-0.2, -0.15) is 5.10 Å². The molecule has 1 fully saturated rings. The second-order valence-electron chi connectivity index (χ2n) is 5.19. The van der Waals surface area contributed by atoms with Gasteiger partial charge in [0.1, 0.15) is 5.02 Å². The van der Waals surface area contributed by atoms with Gasteiger partial charge in [0.05, 0.1) is 31.1 Å². The van der Waals surface area contributed by atoms with E-state index in [2.05, 4.69) is 10.4 Å². The molecule has 0 aliphatic heterocycles. The Kier molecular flexibility index (Phi) is 5.39. The topological polar surface area (TPSA) is 87.4 Å². The number of nitrogens with zero attached hydrogens (tertiary/aromatic N) is 2. The van der Waals surface area contributed by atoms with E-state index in [4.69, 9.17) is 16.7 Å². The predicted molar refractivity (Wildman–Crippen MR) is 77.0 cm³/mol. The van der Waals surface area contributed by atoms with Gasteiger partial charge in [0.15, 0.2) is 0 Å². The van der Waals surface area contributed by atoms with E-state index < -0.39 is 5.56 Å². The molecule has 2 rings (SSSR count). The van der Waals surface area contributed by atoms with Gasteiger partial charge in [-0.15, -0.1) is 0 Å². The molecule has 1 aromatic heterocycles. The maximum absolute atomic E-state index is 11.9. The van der Waals surface area contributed by atoms with Gasteiger partial charge in [0.2, 0.25) is 0 Å². The zero-order chi connectivity index (χ0) is 14.5. The third-order valence-corrected chi connectivity index (χ3v) is 4.00. The van der Waals surface area contributed by atoms with Crippen molar-refractivity contribution < 1.29 is 10.2 Å². The van der Waals surface area contributed by atoms with Gasteiger partial charge in [-0.3, -0.25) is 4.79 Å². The van der Waals surface area contributed by atoms with Gasteiger partial charge >= 0.3 is 0 Å². The van der Waals surface area contributed by atoms with Crippen molar-refractivity contribution in [1.29, 1.82) is 0 Å². The minimum atomic E-state index is -0.408. The monoisotopic (exact) mass is 301 g/mol. The first-order valence-corrected chi connectivity index (χ1v) is 7.28. The number of rotatable bonds is 5. The summed E-state index contributed by atoms with van der Waals surface area (Å²) in [5.41, 5.74) is 0.0975. The van der Waals surface area contributed by atoms with Crippen LogP contribution in [0.5, 0.6) is 0 Å². The minimum Gasteiger partial charge on any atom is -0.394 e. The maximum Gasteiger partial charge on any atom is 0.287 e. The first kappa shape index (κ1) is 15.3. The van der Waals surface area contributed by atoms with Crippen LogP contribution < -0.4 is 10.9 Å². The molecule has 1 aliphatic rings. The zero-order valence-electron chi connectivity index (χ0n) is 11.3. The molecule has 0 saturated heterocycles. The summed E-state index contributed by atoms with van der Waals surface area (Å²) in [5, 5.41) is 25.6. The number of anilines is 1. The molecule has 1 aliphatic carbocycles. The molecule has 0 aromatic carbocycles. The fourth-order valence-electron chi connectivity index (χ4n) is 2.54. The van der Waals surface area contributed by atoms with Crippen molar-refractivity contribution in [3.05, 3.63) is 21.6 Å². The molecule has 1 aromatic rings. The van der Waals surface area contributed by atoms with E-state index in [1.807, 2.05) is 0 Å². The highest BCUT2D eigenvalue weighted by Gasteiger charge is 2.20. The summed E-state index contributed by atoms with van der Waals surface area (Å²) in [7, 11) is 0. The summed E-state index contributed by atoms with van der Waals surface area (Å²) in [6.07, 6.45) is 5.02. The van der Waals surface area contributed by atoms with Crippen LogP contribution in [-0.4, -0.2) is 39.2 Å². The normalized spacial score (nSPS) is 22.8. The lowest BCUT2D eigenvalue weighted by atomic mass is 9.87. The molecule has 2 atom stereocenters. The first-order chi connectivity index (χ1) is 9.61. The summed E-state index contributed by atoms with van der Waals surface area (Å²) in [5.74, 6) is 0.384. The Morgan fingerprint density at radius 3 is 3.00 bits per heavy atom. The van der Waals surface area contributed by atoms with Crippen molar-refractivity contribution in [1.82, 2.24) is 9.78 Å². The second kappa shape index (κ2) is 7.06. The molecule has 0 amide bonds. The standard InChI is InChI=1S/C13H20ClN3O3/c14-12-11(8-16-17(4-5-18)13(12)20)15-7-9-2-1-3-10(19)6-9/h8-10,15,18-19H,1-7H2. The lowest BCUT2D eigenvalue weighted by Gasteiger charge is -2.26. The molecule has 1 heterocycles. The molecule has 112 valence electrons. The van der Waals surface area contributed by atoms with Crippen LogP contribution in [0.25, 0.3) is 0 Å². The Labute approximate surface area is 122 Å². The van der Waals surface area contributed by atoms with Crippen molar-refractivity contribution in [2.75, 3.05) is 18.5 Å². The van der Waals surface area contributed by atoms with E-state index in [1.165, 1.54) is 6.20 Å². The molecular weight excluding hydrogens is 282 g/mol. The fourth-order valence-corrected chi connectivity index (χ4v) is 2.76. The molecule has 2 unspecified atom stereocenters.